The van der Waals surface area contributed by atoms with E-state index in [0.29, 0.717) is 0 Å². The highest BCUT2D eigenvalue weighted by Gasteiger charge is 2.53. The van der Waals surface area contributed by atoms with Crippen molar-refractivity contribution in [2.45, 2.75) is 27.2 Å². The van der Waals surface area contributed by atoms with Crippen LogP contribution >= 0.6 is 58.0 Å². The molecule has 0 heterocycles. The Kier molecular flexibility index (Phi) is 7.65. The van der Waals surface area contributed by atoms with Crippen molar-refractivity contribution in [3.8, 4) is 0 Å². The summed E-state index contributed by atoms with van der Waals surface area (Å²) in [4.78, 5) is 0. The number of rotatable bonds is 0. The third-order valence-electron chi connectivity index (χ3n) is 0.722. The second kappa shape index (κ2) is 6.41. The summed E-state index contributed by atoms with van der Waals surface area (Å²) >= 11 is 22.5. The van der Waals surface area contributed by atoms with Gasteiger partial charge in [-0.25, -0.2) is 0 Å². The lowest BCUT2D eigenvalue weighted by Gasteiger charge is -2.12. The zero-order valence-corrected chi connectivity index (χ0v) is 11.0. The lowest BCUT2D eigenvalue weighted by Crippen LogP contribution is -2.28. The summed E-state index contributed by atoms with van der Waals surface area (Å²) in [6.45, 7) is 0. The first-order valence-electron chi connectivity index (χ1n) is 3.22. The van der Waals surface area contributed by atoms with Crippen molar-refractivity contribution in [3.63, 3.8) is 0 Å². The molecule has 12 heteroatoms. The van der Waals surface area contributed by atoms with Crippen LogP contribution in [-0.2, 0) is 0 Å². The summed E-state index contributed by atoms with van der Waals surface area (Å²) in [6.07, 6.45) is -11.0. The van der Waals surface area contributed by atoms with Gasteiger partial charge in [0.25, 0.3) is 0 Å². The topological polar surface area (TPSA) is 0 Å². The second-order valence-electron chi connectivity index (χ2n) is 2.40. The molecule has 0 radical (unpaired) electrons. The van der Waals surface area contributed by atoms with Gasteiger partial charge in [0.05, 0.1) is 6.42 Å². The number of hydrogen-bond acceptors (Lipinski definition) is 0. The molecule has 0 spiro atoms. The average molecular weight is 372 g/mol. The number of halogens is 12. The normalized spacial score (nSPS) is 14.1. The molecule has 0 N–H and O–H groups in total. The summed E-state index contributed by atoms with van der Waals surface area (Å²) in [5.41, 5.74) is 0. The first-order chi connectivity index (χ1) is 6.96. The van der Waals surface area contributed by atoms with E-state index in [2.05, 4.69) is 23.2 Å². The molecule has 0 rings (SSSR count). The van der Waals surface area contributed by atoms with Gasteiger partial charge >= 0.3 is 16.9 Å². The van der Waals surface area contributed by atoms with Crippen LogP contribution < -0.4 is 0 Å². The minimum Gasteiger partial charge on any atom is -0.198 e. The Morgan fingerprint density at radius 2 is 0.882 bits per heavy atom. The molecule has 0 aromatic carbocycles. The van der Waals surface area contributed by atoms with Gasteiger partial charge in [-0.3, -0.25) is 0 Å². The van der Waals surface area contributed by atoms with Gasteiger partial charge in [0.1, 0.15) is 0 Å². The van der Waals surface area contributed by atoms with Gasteiger partial charge in [0, 0.05) is 0 Å². The molecule has 0 fully saturated rings. The van der Waals surface area contributed by atoms with E-state index in [1.54, 1.807) is 0 Å². The van der Waals surface area contributed by atoms with E-state index in [0.717, 1.165) is 0 Å². The fraction of sp³-hybridized carbons (Fsp3) is 1.00. The zero-order valence-electron chi connectivity index (χ0n) is 7.24. The maximum atomic E-state index is 11.3. The van der Waals surface area contributed by atoms with Crippen molar-refractivity contribution in [1.29, 1.82) is 0 Å². The molecule has 0 aromatic heterocycles. The standard InChI is InChI=1S/C3H2Cl3F3.C2Cl2F4/c4-2(5,6)1-3(7,8)9;3-1(4,5)2(6,7)8/h1H2;. The van der Waals surface area contributed by atoms with E-state index in [1.807, 2.05) is 0 Å². The molecule has 0 aliphatic rings. The predicted molar refractivity (Wildman–Crippen MR) is 52.6 cm³/mol. The Morgan fingerprint density at radius 3 is 0.882 bits per heavy atom. The number of hydrogen-bond donors (Lipinski definition) is 0. The van der Waals surface area contributed by atoms with E-state index in [-0.39, 0.29) is 0 Å². The zero-order chi connectivity index (χ0) is 14.7. The summed E-state index contributed by atoms with van der Waals surface area (Å²) < 4.78 is 71.6. The highest BCUT2D eigenvalue weighted by molar-refractivity contribution is 6.67. The minimum absolute atomic E-state index is 1.41. The van der Waals surface area contributed by atoms with E-state index in [9.17, 15) is 30.7 Å². The molecule has 0 nitrogen and oxygen atoms in total. The van der Waals surface area contributed by atoms with Crippen molar-refractivity contribution in [2.24, 2.45) is 0 Å². The molecule has 17 heavy (non-hydrogen) atoms. The summed E-state index contributed by atoms with van der Waals surface area (Å²) in [5.74, 6) is 0. The molecular weight excluding hydrogens is 370 g/mol. The maximum Gasteiger partial charge on any atom is 0.452 e. The fourth-order valence-electron chi connectivity index (χ4n) is 0.227. The Hall–Kier alpha value is 0.960. The largest absolute Gasteiger partial charge is 0.452 e. The van der Waals surface area contributed by atoms with Crippen molar-refractivity contribution < 1.29 is 30.7 Å². The Bertz CT molecular complexity index is 197. The van der Waals surface area contributed by atoms with Gasteiger partial charge in [0.2, 0.25) is 0 Å². The van der Waals surface area contributed by atoms with Crippen LogP contribution in [0.2, 0.25) is 0 Å². The summed E-state index contributed by atoms with van der Waals surface area (Å²) in [6, 6.07) is 0. The van der Waals surface area contributed by atoms with Gasteiger partial charge in [0.15, 0.2) is 3.79 Å². The van der Waals surface area contributed by atoms with Crippen LogP contribution in [-0.4, -0.2) is 20.7 Å². The van der Waals surface area contributed by atoms with Crippen molar-refractivity contribution in [1.82, 2.24) is 0 Å². The van der Waals surface area contributed by atoms with Crippen molar-refractivity contribution in [2.75, 3.05) is 0 Å². The molecule has 0 aliphatic heterocycles. The van der Waals surface area contributed by atoms with Crippen LogP contribution in [0.15, 0.2) is 0 Å². The molecule has 0 aliphatic carbocycles. The van der Waals surface area contributed by atoms with Crippen LogP contribution in [0.4, 0.5) is 30.7 Å². The van der Waals surface area contributed by atoms with Crippen LogP contribution in [0.3, 0.4) is 0 Å². The fourth-order valence-corrected chi connectivity index (χ4v) is 0.682. The first-order valence-corrected chi connectivity index (χ1v) is 5.11. The van der Waals surface area contributed by atoms with Gasteiger partial charge in [-0.1, -0.05) is 58.0 Å². The van der Waals surface area contributed by atoms with E-state index < -0.39 is 27.2 Å². The highest BCUT2D eigenvalue weighted by Crippen LogP contribution is 2.40. The molecule has 0 saturated carbocycles. The van der Waals surface area contributed by atoms with Crippen LogP contribution in [0.1, 0.15) is 6.42 Å². The molecule has 106 valence electrons. The average Bonchev–Trinajstić information content (AvgIpc) is 1.71. The molecule has 0 atom stereocenters. The molecule has 0 aromatic rings. The van der Waals surface area contributed by atoms with E-state index >= 15 is 0 Å². The monoisotopic (exact) mass is 370 g/mol. The SMILES string of the molecule is FC(F)(F)C(F)(Cl)Cl.FC(F)(F)CC(Cl)(Cl)Cl. The molecule has 0 bridgehead atoms. The van der Waals surface area contributed by atoms with Crippen molar-refractivity contribution >= 4 is 58.0 Å². The number of alkyl halides is 12. The third-order valence-corrected chi connectivity index (χ3v) is 1.55. The molecule has 0 amide bonds. The van der Waals surface area contributed by atoms with Gasteiger partial charge < -0.3 is 0 Å². The second-order valence-corrected chi connectivity index (χ2v) is 6.15. The van der Waals surface area contributed by atoms with Gasteiger partial charge in [-0.15, -0.1) is 0 Å². The van der Waals surface area contributed by atoms with E-state index in [1.165, 1.54) is 0 Å². The molecular formula is C5H2Cl5F7. The predicted octanol–water partition coefficient (Wildman–Crippen LogP) is 5.96. The Balaban J connectivity index is 0. The molecule has 0 saturated heterocycles. The van der Waals surface area contributed by atoms with Crippen LogP contribution in [0, 0.1) is 0 Å². The third kappa shape index (κ3) is 14.9. The van der Waals surface area contributed by atoms with Crippen LogP contribution in [0.25, 0.3) is 0 Å². The Morgan fingerprint density at radius 1 is 0.647 bits per heavy atom. The lowest BCUT2D eigenvalue weighted by atomic mass is 10.5. The quantitative estimate of drug-likeness (QED) is 0.364. The van der Waals surface area contributed by atoms with Gasteiger partial charge in [-0.2, -0.15) is 30.7 Å². The first kappa shape index (κ1) is 20.3. The Labute approximate surface area is 116 Å². The minimum atomic E-state index is -5.20. The highest BCUT2D eigenvalue weighted by atomic mass is 35.6. The van der Waals surface area contributed by atoms with E-state index in [4.69, 9.17) is 34.8 Å². The summed E-state index contributed by atoms with van der Waals surface area (Å²) in [7, 11) is 0. The van der Waals surface area contributed by atoms with Gasteiger partial charge in [-0.05, 0) is 0 Å². The lowest BCUT2D eigenvalue weighted by molar-refractivity contribution is -0.170. The molecule has 0 unspecified atom stereocenters. The maximum absolute atomic E-state index is 11.3. The summed E-state index contributed by atoms with van der Waals surface area (Å²) in [5, 5.41) is 0. The smallest absolute Gasteiger partial charge is 0.198 e. The van der Waals surface area contributed by atoms with Crippen LogP contribution in [0.5, 0.6) is 0 Å². The van der Waals surface area contributed by atoms with Crippen molar-refractivity contribution in [3.05, 3.63) is 0 Å².